The van der Waals surface area contributed by atoms with Crippen LogP contribution in [0.4, 0.5) is 5.69 Å². The van der Waals surface area contributed by atoms with Gasteiger partial charge in [0.25, 0.3) is 0 Å². The van der Waals surface area contributed by atoms with Gasteiger partial charge in [0.2, 0.25) is 0 Å². The van der Waals surface area contributed by atoms with Gasteiger partial charge in [-0.25, -0.2) is 9.97 Å². The summed E-state index contributed by atoms with van der Waals surface area (Å²) in [6.07, 6.45) is 5.16. The predicted molar refractivity (Wildman–Crippen MR) is 102 cm³/mol. The van der Waals surface area contributed by atoms with Crippen LogP contribution in [0, 0.1) is 12.3 Å². The standard InChI is InChI=1S/C19H21N5O/c1-5-6-22-19-15(9-21-4)7-14(8-17(19)18(20)12(2)25)16-10-23-13(3)24-11-16/h5,7-8,10-11,20,22H,1,4,6,9H2,2-3H3. The Balaban J connectivity index is 2.68. The van der Waals surface area contributed by atoms with E-state index < -0.39 is 0 Å². The van der Waals surface area contributed by atoms with Crippen LogP contribution in [0.2, 0.25) is 0 Å². The zero-order chi connectivity index (χ0) is 18.4. The van der Waals surface area contributed by atoms with Gasteiger partial charge in [0.1, 0.15) is 11.5 Å². The molecule has 0 amide bonds. The highest BCUT2D eigenvalue weighted by atomic mass is 16.1. The molecule has 6 heteroatoms. The van der Waals surface area contributed by atoms with Crippen LogP contribution in [-0.2, 0) is 11.3 Å². The Labute approximate surface area is 147 Å². The zero-order valence-corrected chi connectivity index (χ0v) is 14.5. The number of hydrogen-bond donors (Lipinski definition) is 2. The first-order chi connectivity index (χ1) is 12.0. The Kier molecular flexibility index (Phi) is 5.89. The Morgan fingerprint density at radius 2 is 2.00 bits per heavy atom. The molecule has 0 spiro atoms. The van der Waals surface area contributed by atoms with Crippen LogP contribution in [0.3, 0.4) is 0 Å². The maximum atomic E-state index is 11.8. The first kappa shape index (κ1) is 18.2. The van der Waals surface area contributed by atoms with Crippen molar-refractivity contribution < 1.29 is 4.79 Å². The second kappa shape index (κ2) is 8.10. The fraction of sp³-hybridized carbons (Fsp3) is 0.211. The lowest BCUT2D eigenvalue weighted by atomic mass is 9.95. The number of ketones is 1. The van der Waals surface area contributed by atoms with E-state index in [0.717, 1.165) is 16.7 Å². The van der Waals surface area contributed by atoms with Crippen LogP contribution in [0.1, 0.15) is 23.9 Å². The monoisotopic (exact) mass is 335 g/mol. The second-order valence-electron chi connectivity index (χ2n) is 5.56. The van der Waals surface area contributed by atoms with Gasteiger partial charge in [-0.05, 0) is 36.9 Å². The summed E-state index contributed by atoms with van der Waals surface area (Å²) in [6, 6.07) is 3.75. The lowest BCUT2D eigenvalue weighted by molar-refractivity contribution is -0.111. The number of aromatic nitrogens is 2. The molecule has 1 heterocycles. The van der Waals surface area contributed by atoms with Crippen molar-refractivity contribution in [3.05, 3.63) is 54.1 Å². The van der Waals surface area contributed by atoms with Gasteiger partial charge in [-0.2, -0.15) is 0 Å². The summed E-state index contributed by atoms with van der Waals surface area (Å²) in [5, 5.41) is 11.4. The lowest BCUT2D eigenvalue weighted by Crippen LogP contribution is -2.15. The molecule has 6 nitrogen and oxygen atoms in total. The van der Waals surface area contributed by atoms with Crippen LogP contribution < -0.4 is 5.32 Å². The molecule has 128 valence electrons. The van der Waals surface area contributed by atoms with Crippen LogP contribution in [0.15, 0.2) is 42.2 Å². The minimum absolute atomic E-state index is 0.0632. The van der Waals surface area contributed by atoms with E-state index in [0.29, 0.717) is 30.2 Å². The molecule has 0 unspecified atom stereocenters. The molecule has 0 aliphatic rings. The molecule has 0 fully saturated rings. The molecule has 2 aromatic rings. The van der Waals surface area contributed by atoms with Crippen LogP contribution in [0.25, 0.3) is 11.1 Å². The average Bonchev–Trinajstić information content (AvgIpc) is 2.60. The fourth-order valence-corrected chi connectivity index (χ4v) is 2.43. The Bertz CT molecular complexity index is 824. The maximum absolute atomic E-state index is 11.8. The van der Waals surface area contributed by atoms with Crippen LogP contribution >= 0.6 is 0 Å². The minimum atomic E-state index is -0.309. The number of carbonyl (C=O) groups excluding carboxylic acids is 1. The molecule has 0 saturated carbocycles. The largest absolute Gasteiger partial charge is 0.381 e. The molecule has 1 aromatic carbocycles. The third-order valence-electron chi connectivity index (χ3n) is 3.66. The van der Waals surface area contributed by atoms with Crippen molar-refractivity contribution in [2.24, 2.45) is 4.99 Å². The third kappa shape index (κ3) is 4.23. The SMILES string of the molecule is C=CCNc1c(CN=C)cc(-c2cnc(C)nc2)cc1C(=N)C(C)=O. The number of aryl methyl sites for hydroxylation is 1. The van der Waals surface area contributed by atoms with Gasteiger partial charge in [0.05, 0.1) is 6.54 Å². The number of rotatable bonds is 8. The topological polar surface area (TPSA) is 91.1 Å². The summed E-state index contributed by atoms with van der Waals surface area (Å²) in [6.45, 7) is 11.3. The lowest BCUT2D eigenvalue weighted by Gasteiger charge is -2.17. The smallest absolute Gasteiger partial charge is 0.178 e. The second-order valence-corrected chi connectivity index (χ2v) is 5.56. The Hall–Kier alpha value is -3.15. The summed E-state index contributed by atoms with van der Waals surface area (Å²) >= 11 is 0. The summed E-state index contributed by atoms with van der Waals surface area (Å²) < 4.78 is 0. The Morgan fingerprint density at radius 1 is 1.32 bits per heavy atom. The van der Waals surface area contributed by atoms with E-state index in [4.69, 9.17) is 5.41 Å². The van der Waals surface area contributed by atoms with Crippen molar-refractivity contribution in [1.29, 1.82) is 5.41 Å². The van der Waals surface area contributed by atoms with Crippen molar-refractivity contribution >= 4 is 23.9 Å². The summed E-state index contributed by atoms with van der Waals surface area (Å²) in [4.78, 5) is 24.2. The molecule has 0 aliphatic carbocycles. The van der Waals surface area contributed by atoms with E-state index in [-0.39, 0.29) is 11.5 Å². The first-order valence-electron chi connectivity index (χ1n) is 7.81. The summed E-state index contributed by atoms with van der Waals surface area (Å²) in [7, 11) is 0. The third-order valence-corrected chi connectivity index (χ3v) is 3.66. The maximum Gasteiger partial charge on any atom is 0.178 e. The quantitative estimate of drug-likeness (QED) is 0.572. The van der Waals surface area contributed by atoms with Gasteiger partial charge in [-0.15, -0.1) is 6.58 Å². The molecule has 2 N–H and O–H groups in total. The van der Waals surface area contributed by atoms with E-state index >= 15 is 0 Å². The molecule has 0 radical (unpaired) electrons. The van der Waals surface area contributed by atoms with Crippen LogP contribution in [0.5, 0.6) is 0 Å². The number of carbonyl (C=O) groups is 1. The molecule has 2 rings (SSSR count). The van der Waals surface area contributed by atoms with Crippen molar-refractivity contribution in [1.82, 2.24) is 9.97 Å². The molecular formula is C19H21N5O. The molecule has 25 heavy (non-hydrogen) atoms. The number of benzene rings is 1. The van der Waals surface area contributed by atoms with E-state index in [1.165, 1.54) is 6.92 Å². The van der Waals surface area contributed by atoms with E-state index in [2.05, 4.69) is 33.6 Å². The molecule has 0 bridgehead atoms. The minimum Gasteiger partial charge on any atom is -0.381 e. The number of nitrogens with zero attached hydrogens (tertiary/aromatic N) is 3. The van der Waals surface area contributed by atoms with Gasteiger partial charge in [0.15, 0.2) is 5.78 Å². The van der Waals surface area contributed by atoms with Gasteiger partial charge in [0, 0.05) is 42.7 Å². The highest BCUT2D eigenvalue weighted by Gasteiger charge is 2.17. The van der Waals surface area contributed by atoms with Gasteiger partial charge in [-0.1, -0.05) is 6.08 Å². The Morgan fingerprint density at radius 3 is 2.56 bits per heavy atom. The zero-order valence-electron chi connectivity index (χ0n) is 14.5. The van der Waals surface area contributed by atoms with Gasteiger partial charge in [-0.3, -0.25) is 15.2 Å². The van der Waals surface area contributed by atoms with Crippen molar-refractivity contribution in [3.63, 3.8) is 0 Å². The molecule has 0 aliphatic heterocycles. The summed E-state index contributed by atoms with van der Waals surface area (Å²) in [5.41, 5.74) is 3.63. The first-order valence-corrected chi connectivity index (χ1v) is 7.81. The predicted octanol–water partition coefficient (Wildman–Crippen LogP) is 3.21. The average molecular weight is 335 g/mol. The number of hydrogen-bond acceptors (Lipinski definition) is 6. The molecule has 0 saturated heterocycles. The fourth-order valence-electron chi connectivity index (χ4n) is 2.43. The number of anilines is 1. The molecule has 1 aromatic heterocycles. The van der Waals surface area contributed by atoms with E-state index in [9.17, 15) is 4.79 Å². The highest BCUT2D eigenvalue weighted by Crippen LogP contribution is 2.30. The van der Waals surface area contributed by atoms with Crippen molar-refractivity contribution in [2.75, 3.05) is 11.9 Å². The van der Waals surface area contributed by atoms with Gasteiger partial charge >= 0.3 is 0 Å². The number of aliphatic imine (C=N–C) groups is 1. The number of nitrogens with one attached hydrogen (secondary N) is 2. The summed E-state index contributed by atoms with van der Waals surface area (Å²) in [5.74, 6) is 0.370. The van der Waals surface area contributed by atoms with Crippen molar-refractivity contribution in [2.45, 2.75) is 20.4 Å². The normalized spacial score (nSPS) is 10.2. The van der Waals surface area contributed by atoms with Crippen LogP contribution in [-0.4, -0.2) is 34.7 Å². The number of Topliss-reactive ketones (excluding diaryl/α,β-unsaturated/α-hetero) is 1. The molecule has 0 atom stereocenters. The van der Waals surface area contributed by atoms with Crippen molar-refractivity contribution in [3.8, 4) is 11.1 Å². The van der Waals surface area contributed by atoms with Gasteiger partial charge < -0.3 is 5.32 Å². The van der Waals surface area contributed by atoms with E-state index in [1.807, 2.05) is 13.0 Å². The van der Waals surface area contributed by atoms with E-state index in [1.54, 1.807) is 24.5 Å². The highest BCUT2D eigenvalue weighted by molar-refractivity contribution is 6.45. The molecular weight excluding hydrogens is 314 g/mol.